The molecule has 2 amide bonds. The molecule has 23 heavy (non-hydrogen) atoms. The third kappa shape index (κ3) is 2.71. The van der Waals surface area contributed by atoms with E-state index >= 15 is 0 Å². The number of fused-ring (bicyclic) bond motifs is 1. The van der Waals surface area contributed by atoms with Gasteiger partial charge in [0, 0.05) is 11.9 Å². The van der Waals surface area contributed by atoms with Crippen molar-refractivity contribution < 1.29 is 9.59 Å². The van der Waals surface area contributed by atoms with E-state index in [0.29, 0.717) is 10.7 Å². The highest BCUT2D eigenvalue weighted by Crippen LogP contribution is 2.45. The van der Waals surface area contributed by atoms with Crippen LogP contribution in [0.4, 0.5) is 11.4 Å². The highest BCUT2D eigenvalue weighted by molar-refractivity contribution is 8.02. The van der Waals surface area contributed by atoms with Crippen molar-refractivity contribution in [2.24, 2.45) is 0 Å². The van der Waals surface area contributed by atoms with E-state index in [0.717, 1.165) is 10.6 Å². The van der Waals surface area contributed by atoms with Crippen molar-refractivity contribution in [2.75, 3.05) is 17.3 Å². The maximum atomic E-state index is 12.8. The number of hydrogen-bond acceptors (Lipinski definition) is 3. The molecule has 0 aliphatic carbocycles. The van der Waals surface area contributed by atoms with Gasteiger partial charge in [-0.3, -0.25) is 9.59 Å². The Kier molecular flexibility index (Phi) is 4.08. The first-order chi connectivity index (χ1) is 10.9. The van der Waals surface area contributed by atoms with E-state index in [1.807, 2.05) is 24.3 Å². The van der Waals surface area contributed by atoms with Crippen molar-refractivity contribution in [3.8, 4) is 0 Å². The number of rotatable bonds is 2. The predicted molar refractivity (Wildman–Crippen MR) is 94.2 cm³/mol. The summed E-state index contributed by atoms with van der Waals surface area (Å²) in [5.41, 5.74) is 1.31. The van der Waals surface area contributed by atoms with Crippen LogP contribution in [0, 0.1) is 0 Å². The summed E-state index contributed by atoms with van der Waals surface area (Å²) >= 11 is 7.34. The van der Waals surface area contributed by atoms with Gasteiger partial charge in [-0.2, -0.15) is 0 Å². The maximum absolute atomic E-state index is 12.8. The summed E-state index contributed by atoms with van der Waals surface area (Å²) < 4.78 is -1.25. The fraction of sp³-hybridized carbons (Fsp3) is 0.176. The molecule has 2 aromatic carbocycles. The highest BCUT2D eigenvalue weighted by atomic mass is 35.5. The van der Waals surface area contributed by atoms with Crippen LogP contribution >= 0.6 is 23.4 Å². The minimum Gasteiger partial charge on any atom is -0.323 e. The fourth-order valence-electron chi connectivity index (χ4n) is 2.46. The van der Waals surface area contributed by atoms with Gasteiger partial charge in [-0.15, -0.1) is 0 Å². The van der Waals surface area contributed by atoms with E-state index in [1.54, 1.807) is 38.2 Å². The Morgan fingerprint density at radius 1 is 1.17 bits per heavy atom. The van der Waals surface area contributed by atoms with Gasteiger partial charge in [0.05, 0.1) is 16.4 Å². The third-order valence-electron chi connectivity index (χ3n) is 3.81. The number of para-hydroxylation sites is 2. The van der Waals surface area contributed by atoms with Crippen molar-refractivity contribution >= 4 is 46.6 Å². The molecule has 1 aliphatic heterocycles. The lowest BCUT2D eigenvalue weighted by Gasteiger charge is -2.37. The molecule has 1 aliphatic rings. The first-order valence-corrected chi connectivity index (χ1v) is 8.25. The molecule has 1 atom stereocenters. The van der Waals surface area contributed by atoms with Gasteiger partial charge in [0.2, 0.25) is 5.91 Å². The summed E-state index contributed by atoms with van der Waals surface area (Å²) in [6.45, 7) is 1.64. The number of nitrogens with one attached hydrogen (secondary N) is 1. The van der Waals surface area contributed by atoms with Crippen LogP contribution in [0.5, 0.6) is 0 Å². The fourth-order valence-corrected chi connectivity index (χ4v) is 3.91. The Labute approximate surface area is 143 Å². The molecule has 0 saturated heterocycles. The summed E-state index contributed by atoms with van der Waals surface area (Å²) in [5, 5.41) is 3.20. The van der Waals surface area contributed by atoms with E-state index in [1.165, 1.54) is 16.7 Å². The second kappa shape index (κ2) is 5.91. The van der Waals surface area contributed by atoms with Crippen LogP contribution in [-0.4, -0.2) is 23.6 Å². The molecule has 4 nitrogen and oxygen atoms in total. The molecule has 1 heterocycles. The van der Waals surface area contributed by atoms with Crippen LogP contribution in [0.15, 0.2) is 53.4 Å². The largest absolute Gasteiger partial charge is 0.323 e. The molecule has 0 radical (unpaired) electrons. The van der Waals surface area contributed by atoms with Gasteiger partial charge in [0.1, 0.15) is 0 Å². The summed E-state index contributed by atoms with van der Waals surface area (Å²) in [7, 11) is 1.68. The van der Waals surface area contributed by atoms with Crippen LogP contribution in [0.25, 0.3) is 0 Å². The zero-order chi connectivity index (χ0) is 16.6. The van der Waals surface area contributed by atoms with Crippen LogP contribution in [0.3, 0.4) is 0 Å². The Bertz CT molecular complexity index is 796. The Hall–Kier alpha value is -1.98. The molecule has 0 bridgehead atoms. The molecule has 118 valence electrons. The van der Waals surface area contributed by atoms with Gasteiger partial charge >= 0.3 is 0 Å². The Balaban J connectivity index is 1.94. The van der Waals surface area contributed by atoms with Crippen LogP contribution in [0.1, 0.15) is 6.92 Å². The lowest BCUT2D eigenvalue weighted by molar-refractivity contribution is -0.128. The zero-order valence-corrected chi connectivity index (χ0v) is 14.2. The van der Waals surface area contributed by atoms with Gasteiger partial charge in [-0.25, -0.2) is 0 Å². The highest BCUT2D eigenvalue weighted by Gasteiger charge is 2.48. The number of halogens is 1. The second-order valence-corrected chi connectivity index (χ2v) is 7.27. The SMILES string of the molecule is CN1C(=O)C(C)(C(=O)Nc2ccccc2Cl)Sc2ccccc21. The Morgan fingerprint density at radius 3 is 2.57 bits per heavy atom. The van der Waals surface area contributed by atoms with Gasteiger partial charge < -0.3 is 10.2 Å². The van der Waals surface area contributed by atoms with E-state index < -0.39 is 4.75 Å². The van der Waals surface area contributed by atoms with Gasteiger partial charge in [0.25, 0.3) is 5.91 Å². The van der Waals surface area contributed by atoms with E-state index in [-0.39, 0.29) is 11.8 Å². The second-order valence-electron chi connectivity index (χ2n) is 5.40. The quantitative estimate of drug-likeness (QED) is 0.841. The number of anilines is 2. The molecule has 3 rings (SSSR count). The van der Waals surface area contributed by atoms with Crippen LogP contribution in [-0.2, 0) is 9.59 Å². The third-order valence-corrected chi connectivity index (χ3v) is 5.47. The van der Waals surface area contributed by atoms with Crippen molar-refractivity contribution in [1.29, 1.82) is 0 Å². The molecule has 0 spiro atoms. The number of hydrogen-bond donors (Lipinski definition) is 1. The summed E-state index contributed by atoms with van der Waals surface area (Å²) in [4.78, 5) is 27.9. The smallest absolute Gasteiger partial charge is 0.252 e. The first-order valence-electron chi connectivity index (χ1n) is 7.05. The van der Waals surface area contributed by atoms with Crippen LogP contribution < -0.4 is 10.2 Å². The van der Waals surface area contributed by atoms with E-state index in [9.17, 15) is 9.59 Å². The molecular formula is C17H15ClN2O2S. The van der Waals surface area contributed by atoms with Crippen molar-refractivity contribution in [3.63, 3.8) is 0 Å². The topological polar surface area (TPSA) is 49.4 Å². The van der Waals surface area contributed by atoms with Crippen molar-refractivity contribution in [1.82, 2.24) is 0 Å². The summed E-state index contributed by atoms with van der Waals surface area (Å²) in [6.07, 6.45) is 0. The minimum atomic E-state index is -1.25. The average molecular weight is 347 g/mol. The molecule has 0 fully saturated rings. The molecule has 1 unspecified atom stereocenters. The molecule has 1 N–H and O–H groups in total. The lowest BCUT2D eigenvalue weighted by atomic mass is 10.1. The van der Waals surface area contributed by atoms with E-state index in [4.69, 9.17) is 11.6 Å². The number of amides is 2. The van der Waals surface area contributed by atoms with Crippen molar-refractivity contribution in [3.05, 3.63) is 53.6 Å². The summed E-state index contributed by atoms with van der Waals surface area (Å²) in [5.74, 6) is -0.646. The molecular weight excluding hydrogens is 332 g/mol. The number of carbonyl (C=O) groups is 2. The maximum Gasteiger partial charge on any atom is 0.252 e. The monoisotopic (exact) mass is 346 g/mol. The van der Waals surface area contributed by atoms with Gasteiger partial charge in [0.15, 0.2) is 4.75 Å². The summed E-state index contributed by atoms with van der Waals surface area (Å²) in [6, 6.07) is 14.5. The average Bonchev–Trinajstić information content (AvgIpc) is 2.55. The zero-order valence-electron chi connectivity index (χ0n) is 12.7. The van der Waals surface area contributed by atoms with Crippen LogP contribution in [0.2, 0.25) is 5.02 Å². The number of nitrogens with zero attached hydrogens (tertiary/aromatic N) is 1. The number of carbonyl (C=O) groups excluding carboxylic acids is 2. The Morgan fingerprint density at radius 2 is 1.83 bits per heavy atom. The predicted octanol–water partition coefficient (Wildman–Crippen LogP) is 3.81. The van der Waals surface area contributed by atoms with Crippen molar-refractivity contribution in [2.45, 2.75) is 16.6 Å². The minimum absolute atomic E-state index is 0.259. The molecule has 6 heteroatoms. The van der Waals surface area contributed by atoms with E-state index in [2.05, 4.69) is 5.32 Å². The van der Waals surface area contributed by atoms with Gasteiger partial charge in [-0.05, 0) is 31.2 Å². The number of thioether (sulfide) groups is 1. The normalized spacial score (nSPS) is 20.1. The van der Waals surface area contributed by atoms with Gasteiger partial charge in [-0.1, -0.05) is 47.6 Å². The standard InChI is InChI=1S/C17H15ClN2O2S/c1-17(15(21)19-12-8-4-3-7-11(12)18)16(22)20(2)13-9-5-6-10-14(13)23-17/h3-10H,1-2H3,(H,19,21). The molecule has 0 aromatic heterocycles. The first kappa shape index (κ1) is 15.9. The lowest BCUT2D eigenvalue weighted by Crippen LogP contribution is -2.53. The molecule has 2 aromatic rings. The number of benzene rings is 2. The molecule has 0 saturated carbocycles.